The van der Waals surface area contributed by atoms with E-state index in [0.29, 0.717) is 28.7 Å². The van der Waals surface area contributed by atoms with E-state index in [4.69, 9.17) is 22.1 Å². The summed E-state index contributed by atoms with van der Waals surface area (Å²) < 4.78 is 6.04. The Morgan fingerprint density at radius 3 is 2.56 bits per heavy atom. The predicted molar refractivity (Wildman–Crippen MR) is 104 cm³/mol. The molecule has 0 fully saturated rings. The molecule has 0 aliphatic rings. The number of hydrogen-bond acceptors (Lipinski definition) is 3. The highest BCUT2D eigenvalue weighted by atomic mass is 35.5. The van der Waals surface area contributed by atoms with Crippen LogP contribution in [0.1, 0.15) is 45.1 Å². The van der Waals surface area contributed by atoms with Gasteiger partial charge in [-0.15, -0.1) is 0 Å². The van der Waals surface area contributed by atoms with Gasteiger partial charge in [0.25, 0.3) is 5.91 Å². The molecule has 0 bridgehead atoms. The van der Waals surface area contributed by atoms with Crippen LogP contribution >= 0.6 is 11.6 Å². The zero-order chi connectivity index (χ0) is 18.4. The molecular weight excluding hydrogens is 336 g/mol. The van der Waals surface area contributed by atoms with Crippen molar-refractivity contribution < 1.29 is 9.53 Å². The van der Waals surface area contributed by atoms with Crippen molar-refractivity contribution >= 4 is 28.9 Å². The van der Waals surface area contributed by atoms with Crippen molar-refractivity contribution in [1.29, 1.82) is 0 Å². The maximum atomic E-state index is 12.6. The summed E-state index contributed by atoms with van der Waals surface area (Å²) in [6, 6.07) is 12.9. The zero-order valence-electron chi connectivity index (χ0n) is 14.9. The maximum absolute atomic E-state index is 12.6. The number of para-hydroxylation sites is 1. The fourth-order valence-electron chi connectivity index (χ4n) is 2.53. The summed E-state index contributed by atoms with van der Waals surface area (Å²) in [7, 11) is 0. The predicted octanol–water partition coefficient (Wildman–Crippen LogP) is 5.23. The quantitative estimate of drug-likeness (QED) is 0.664. The largest absolute Gasteiger partial charge is 0.480 e. The van der Waals surface area contributed by atoms with Gasteiger partial charge in [-0.3, -0.25) is 4.79 Å². The summed E-state index contributed by atoms with van der Waals surface area (Å²) in [6.45, 7) is 6.21. The molecule has 5 heteroatoms. The molecule has 2 rings (SSSR count). The Balaban J connectivity index is 2.14. The number of amides is 1. The number of rotatable bonds is 7. The van der Waals surface area contributed by atoms with Crippen LogP contribution in [0.2, 0.25) is 5.02 Å². The van der Waals surface area contributed by atoms with E-state index in [9.17, 15) is 4.79 Å². The number of halogens is 1. The van der Waals surface area contributed by atoms with Crippen molar-refractivity contribution in [2.24, 2.45) is 0 Å². The summed E-state index contributed by atoms with van der Waals surface area (Å²) in [5, 5.41) is 3.30. The van der Waals surface area contributed by atoms with Gasteiger partial charge in [0, 0.05) is 5.69 Å². The Hall–Kier alpha value is -2.20. The van der Waals surface area contributed by atoms with E-state index in [1.807, 2.05) is 31.2 Å². The average molecular weight is 361 g/mol. The molecule has 25 heavy (non-hydrogen) atoms. The lowest BCUT2D eigenvalue weighted by atomic mass is 9.98. The first kappa shape index (κ1) is 19.1. The van der Waals surface area contributed by atoms with Gasteiger partial charge in [-0.1, -0.05) is 50.6 Å². The van der Waals surface area contributed by atoms with Crippen molar-refractivity contribution in [2.45, 2.75) is 45.6 Å². The van der Waals surface area contributed by atoms with Gasteiger partial charge in [0.1, 0.15) is 5.75 Å². The first-order valence-corrected chi connectivity index (χ1v) is 8.95. The van der Waals surface area contributed by atoms with Gasteiger partial charge in [0.05, 0.1) is 10.7 Å². The van der Waals surface area contributed by atoms with Gasteiger partial charge in [-0.25, -0.2) is 0 Å². The smallest absolute Gasteiger partial charge is 0.265 e. The lowest BCUT2D eigenvalue weighted by Crippen LogP contribution is -2.32. The van der Waals surface area contributed by atoms with Crippen LogP contribution in [0.4, 0.5) is 11.4 Å². The molecule has 0 radical (unpaired) electrons. The Bertz CT molecular complexity index is 733. The fourth-order valence-corrected chi connectivity index (χ4v) is 2.65. The molecule has 2 atom stereocenters. The van der Waals surface area contributed by atoms with Gasteiger partial charge in [0.15, 0.2) is 6.10 Å². The second kappa shape index (κ2) is 8.77. The Labute approximate surface area is 154 Å². The van der Waals surface area contributed by atoms with E-state index < -0.39 is 6.10 Å². The van der Waals surface area contributed by atoms with Crippen LogP contribution < -0.4 is 15.8 Å². The van der Waals surface area contributed by atoms with Gasteiger partial charge in [-0.2, -0.15) is 0 Å². The number of anilines is 2. The topological polar surface area (TPSA) is 64.3 Å². The molecule has 0 saturated heterocycles. The van der Waals surface area contributed by atoms with E-state index in [-0.39, 0.29) is 5.91 Å². The second-order valence-electron chi connectivity index (χ2n) is 6.09. The molecule has 3 N–H and O–H groups in total. The molecule has 1 amide bonds. The summed E-state index contributed by atoms with van der Waals surface area (Å²) in [4.78, 5) is 12.6. The minimum absolute atomic E-state index is 0.205. The van der Waals surface area contributed by atoms with Crippen LogP contribution in [0, 0.1) is 0 Å². The van der Waals surface area contributed by atoms with Crippen LogP contribution in [-0.2, 0) is 4.79 Å². The highest BCUT2D eigenvalue weighted by molar-refractivity contribution is 6.33. The van der Waals surface area contributed by atoms with Gasteiger partial charge in [-0.05, 0) is 48.6 Å². The molecule has 2 aromatic carbocycles. The van der Waals surface area contributed by atoms with Crippen LogP contribution in [-0.4, -0.2) is 12.0 Å². The Morgan fingerprint density at radius 2 is 1.92 bits per heavy atom. The fraction of sp³-hybridized carbons (Fsp3) is 0.350. The summed E-state index contributed by atoms with van der Waals surface area (Å²) in [6.07, 6.45) is 0.985. The number of ether oxygens (including phenoxy) is 1. The van der Waals surface area contributed by atoms with Crippen LogP contribution in [0.5, 0.6) is 5.75 Å². The molecule has 0 unspecified atom stereocenters. The highest BCUT2D eigenvalue weighted by Crippen LogP contribution is 2.30. The van der Waals surface area contributed by atoms with Gasteiger partial charge >= 0.3 is 0 Å². The van der Waals surface area contributed by atoms with Crippen molar-refractivity contribution in [3.63, 3.8) is 0 Å². The second-order valence-corrected chi connectivity index (χ2v) is 6.49. The van der Waals surface area contributed by atoms with E-state index in [1.54, 1.807) is 18.2 Å². The van der Waals surface area contributed by atoms with Crippen molar-refractivity contribution in [2.75, 3.05) is 11.1 Å². The minimum atomic E-state index is -0.581. The van der Waals surface area contributed by atoms with Crippen molar-refractivity contribution in [3.05, 3.63) is 53.1 Å². The summed E-state index contributed by atoms with van der Waals surface area (Å²) in [5.74, 6) is 0.922. The van der Waals surface area contributed by atoms with Gasteiger partial charge < -0.3 is 15.8 Å². The first-order chi connectivity index (χ1) is 12.0. The van der Waals surface area contributed by atoms with E-state index in [1.165, 1.54) is 0 Å². The molecule has 134 valence electrons. The monoisotopic (exact) mass is 360 g/mol. The van der Waals surface area contributed by atoms with Crippen LogP contribution in [0.3, 0.4) is 0 Å². The van der Waals surface area contributed by atoms with Crippen LogP contribution in [0.15, 0.2) is 42.5 Å². The molecule has 0 heterocycles. The SMILES string of the molecule is CC[C@@H](Oc1ccccc1[C@@H](C)CC)C(=O)Nc1ccc(Cl)c(N)c1. The summed E-state index contributed by atoms with van der Waals surface area (Å²) in [5.41, 5.74) is 7.93. The maximum Gasteiger partial charge on any atom is 0.265 e. The number of nitrogen functional groups attached to an aromatic ring is 1. The third-order valence-corrected chi connectivity index (χ3v) is 4.60. The van der Waals surface area contributed by atoms with E-state index >= 15 is 0 Å². The molecular formula is C20H25ClN2O2. The Morgan fingerprint density at radius 1 is 1.20 bits per heavy atom. The third-order valence-electron chi connectivity index (χ3n) is 4.26. The average Bonchev–Trinajstić information content (AvgIpc) is 2.62. The lowest BCUT2D eigenvalue weighted by molar-refractivity contribution is -0.122. The molecule has 0 aliphatic heterocycles. The molecule has 2 aromatic rings. The highest BCUT2D eigenvalue weighted by Gasteiger charge is 2.21. The van der Waals surface area contributed by atoms with E-state index in [0.717, 1.165) is 17.7 Å². The van der Waals surface area contributed by atoms with Gasteiger partial charge in [0.2, 0.25) is 0 Å². The molecule has 4 nitrogen and oxygen atoms in total. The van der Waals surface area contributed by atoms with E-state index in [2.05, 4.69) is 19.2 Å². The molecule has 0 aliphatic carbocycles. The molecule has 0 aromatic heterocycles. The molecule has 0 spiro atoms. The number of carbonyl (C=O) groups is 1. The lowest BCUT2D eigenvalue weighted by Gasteiger charge is -2.21. The van der Waals surface area contributed by atoms with Crippen molar-refractivity contribution in [1.82, 2.24) is 0 Å². The Kier molecular flexibility index (Phi) is 6.71. The minimum Gasteiger partial charge on any atom is -0.480 e. The number of benzene rings is 2. The van der Waals surface area contributed by atoms with Crippen molar-refractivity contribution in [3.8, 4) is 5.75 Å². The number of nitrogens with one attached hydrogen (secondary N) is 1. The van der Waals surface area contributed by atoms with Crippen LogP contribution in [0.25, 0.3) is 0 Å². The number of carbonyl (C=O) groups excluding carboxylic acids is 1. The standard InChI is InChI=1S/C20H25ClN2O2/c1-4-13(3)15-8-6-7-9-19(15)25-18(5-2)20(24)23-14-10-11-16(21)17(22)12-14/h6-13,18H,4-5,22H2,1-3H3,(H,23,24)/t13-,18+/m0/s1. The first-order valence-electron chi connectivity index (χ1n) is 8.57. The molecule has 0 saturated carbocycles. The third kappa shape index (κ3) is 4.89. The normalized spacial score (nSPS) is 13.1. The number of nitrogens with two attached hydrogens (primary N) is 1. The summed E-state index contributed by atoms with van der Waals surface area (Å²) >= 11 is 5.91. The number of hydrogen-bond donors (Lipinski definition) is 2. The zero-order valence-corrected chi connectivity index (χ0v) is 15.6.